The highest BCUT2D eigenvalue weighted by Gasteiger charge is 2.23. The lowest BCUT2D eigenvalue weighted by Gasteiger charge is -2.24. The third-order valence-electron chi connectivity index (χ3n) is 3.36. The molecule has 0 saturated heterocycles. The Bertz CT molecular complexity index is 294. The lowest BCUT2D eigenvalue weighted by atomic mass is 9.83. The van der Waals surface area contributed by atoms with Gasteiger partial charge in [-0.3, -0.25) is 4.79 Å². The van der Waals surface area contributed by atoms with E-state index in [4.69, 9.17) is 1.37 Å². The van der Waals surface area contributed by atoms with E-state index >= 15 is 0 Å². The molecule has 2 nitrogen and oxygen atoms in total. The van der Waals surface area contributed by atoms with Crippen LogP contribution in [0.2, 0.25) is 0 Å². The normalized spacial score (nSPS) is 14.6. The number of hydrogen-bond donors (Lipinski definition) is 1. The molecular weight excluding hydrogens is 212 g/mol. The van der Waals surface area contributed by atoms with Crippen LogP contribution in [-0.2, 0) is 4.79 Å². The molecule has 17 heavy (non-hydrogen) atoms. The van der Waals surface area contributed by atoms with Crippen LogP contribution in [0.1, 0.15) is 55.8 Å². The Balaban J connectivity index is 5.26. The standard InChI is InChI=1S/C15H28O2/c1-7-12(8-2)13(16)9-14(17)15(10(3)4)11(5)6/h9-12,15,17H,7-8H2,1-6H3/b14-9-/i9D. The topological polar surface area (TPSA) is 37.3 Å². The van der Waals surface area contributed by atoms with Crippen LogP contribution in [-0.4, -0.2) is 10.9 Å². The zero-order valence-corrected chi connectivity index (χ0v) is 12.1. The number of aliphatic hydroxyl groups excluding tert-OH is 1. The predicted octanol–water partition coefficient (Wildman–Crippen LogP) is 4.36. The number of carbonyl (C=O) groups is 1. The van der Waals surface area contributed by atoms with Crippen LogP contribution >= 0.6 is 0 Å². The van der Waals surface area contributed by atoms with Gasteiger partial charge in [-0.15, -0.1) is 0 Å². The van der Waals surface area contributed by atoms with E-state index in [1.54, 1.807) is 0 Å². The summed E-state index contributed by atoms with van der Waals surface area (Å²) in [5, 5.41) is 10.2. The fraction of sp³-hybridized carbons (Fsp3) is 0.800. The summed E-state index contributed by atoms with van der Waals surface area (Å²) < 4.78 is 7.92. The van der Waals surface area contributed by atoms with Gasteiger partial charge in [0, 0.05) is 17.9 Å². The fourth-order valence-electron chi connectivity index (χ4n) is 2.37. The van der Waals surface area contributed by atoms with Crippen LogP contribution in [0.3, 0.4) is 0 Å². The van der Waals surface area contributed by atoms with Crippen LogP contribution in [0, 0.1) is 23.7 Å². The molecule has 1 N–H and O–H groups in total. The minimum Gasteiger partial charge on any atom is -0.512 e. The largest absolute Gasteiger partial charge is 0.512 e. The zero-order valence-electron chi connectivity index (χ0n) is 13.1. The average Bonchev–Trinajstić information content (AvgIpc) is 2.28. The van der Waals surface area contributed by atoms with Gasteiger partial charge in [-0.05, 0) is 24.7 Å². The molecule has 0 spiro atoms. The molecule has 0 aromatic heterocycles. The monoisotopic (exact) mass is 241 g/mol. The Morgan fingerprint density at radius 1 is 1.18 bits per heavy atom. The van der Waals surface area contributed by atoms with E-state index in [1.165, 1.54) is 0 Å². The van der Waals surface area contributed by atoms with Crippen molar-refractivity contribution >= 4 is 5.78 Å². The second-order valence-electron chi connectivity index (χ2n) is 5.40. The summed E-state index contributed by atoms with van der Waals surface area (Å²) in [4.78, 5) is 12.1. The maximum absolute atomic E-state index is 12.1. The lowest BCUT2D eigenvalue weighted by Crippen LogP contribution is -2.20. The van der Waals surface area contributed by atoms with Crippen molar-refractivity contribution in [1.82, 2.24) is 0 Å². The first-order chi connectivity index (χ1) is 8.27. The first kappa shape index (κ1) is 14.3. The quantitative estimate of drug-likeness (QED) is 0.531. The molecule has 2 heteroatoms. The van der Waals surface area contributed by atoms with Crippen LogP contribution < -0.4 is 0 Å². The molecule has 0 radical (unpaired) electrons. The number of allylic oxidation sites excluding steroid dienone is 2. The van der Waals surface area contributed by atoms with E-state index in [9.17, 15) is 9.90 Å². The van der Waals surface area contributed by atoms with Crippen molar-refractivity contribution in [3.63, 3.8) is 0 Å². The second kappa shape index (κ2) is 7.52. The molecule has 0 atom stereocenters. The average molecular weight is 241 g/mol. The minimum absolute atomic E-state index is 0.0306. The Hall–Kier alpha value is -0.790. The van der Waals surface area contributed by atoms with Gasteiger partial charge in [-0.25, -0.2) is 0 Å². The van der Waals surface area contributed by atoms with Gasteiger partial charge in [0.25, 0.3) is 0 Å². The number of aliphatic hydroxyl groups is 1. The van der Waals surface area contributed by atoms with Crippen LogP contribution in [0.15, 0.2) is 11.8 Å². The summed E-state index contributed by atoms with van der Waals surface area (Å²) in [6, 6.07) is -0.184. The van der Waals surface area contributed by atoms with Gasteiger partial charge in [-0.2, -0.15) is 0 Å². The van der Waals surface area contributed by atoms with Crippen molar-refractivity contribution in [2.24, 2.45) is 23.7 Å². The minimum atomic E-state index is -0.219. The second-order valence-corrected chi connectivity index (χ2v) is 5.40. The van der Waals surface area contributed by atoms with Gasteiger partial charge in [0.15, 0.2) is 5.78 Å². The Labute approximate surface area is 108 Å². The van der Waals surface area contributed by atoms with Gasteiger partial charge in [0.05, 0.1) is 7.13 Å². The van der Waals surface area contributed by atoms with E-state index in [0.717, 1.165) is 12.8 Å². The zero-order chi connectivity index (χ0) is 14.5. The summed E-state index contributed by atoms with van der Waals surface area (Å²) >= 11 is 0. The van der Waals surface area contributed by atoms with E-state index < -0.39 is 0 Å². The summed E-state index contributed by atoms with van der Waals surface area (Å²) in [7, 11) is 0. The Morgan fingerprint density at radius 2 is 1.59 bits per heavy atom. The third kappa shape index (κ3) is 4.93. The molecule has 0 aliphatic rings. The number of ketones is 1. The van der Waals surface area contributed by atoms with Crippen LogP contribution in [0.4, 0.5) is 0 Å². The molecule has 0 amide bonds. The molecule has 0 fully saturated rings. The molecule has 0 bridgehead atoms. The molecule has 0 aliphatic carbocycles. The molecule has 0 aliphatic heterocycles. The van der Waals surface area contributed by atoms with E-state index in [-0.39, 0.29) is 41.3 Å². The highest BCUT2D eigenvalue weighted by Crippen LogP contribution is 2.27. The third-order valence-corrected chi connectivity index (χ3v) is 3.36. The van der Waals surface area contributed by atoms with Gasteiger partial charge in [-0.1, -0.05) is 41.5 Å². The Morgan fingerprint density at radius 3 is 1.88 bits per heavy atom. The number of hydrogen-bond acceptors (Lipinski definition) is 2. The SMILES string of the molecule is [2H]/C(C(=O)C(CC)CC)=C(/O)C(C(C)C)C(C)C. The highest BCUT2D eigenvalue weighted by atomic mass is 16.3. The van der Waals surface area contributed by atoms with Crippen molar-refractivity contribution in [1.29, 1.82) is 0 Å². The summed E-state index contributed by atoms with van der Waals surface area (Å²) in [5.74, 6) is -0.0594. The summed E-state index contributed by atoms with van der Waals surface area (Å²) in [6.45, 7) is 11.9. The first-order valence-electron chi connectivity index (χ1n) is 7.21. The van der Waals surface area contributed by atoms with Crippen molar-refractivity contribution in [2.45, 2.75) is 54.4 Å². The number of carbonyl (C=O) groups excluding carboxylic acids is 1. The lowest BCUT2D eigenvalue weighted by molar-refractivity contribution is -0.118. The van der Waals surface area contributed by atoms with Gasteiger partial charge in [0.2, 0.25) is 0 Å². The molecule has 0 unspecified atom stereocenters. The molecule has 100 valence electrons. The maximum atomic E-state index is 12.1. The van der Waals surface area contributed by atoms with E-state index in [0.29, 0.717) is 0 Å². The maximum Gasteiger partial charge on any atom is 0.162 e. The summed E-state index contributed by atoms with van der Waals surface area (Å²) in [6.07, 6.45) is 1.44. The Kier molecular flexibility index (Phi) is 6.31. The van der Waals surface area contributed by atoms with E-state index in [2.05, 4.69) is 0 Å². The molecule has 0 saturated carbocycles. The van der Waals surface area contributed by atoms with Crippen molar-refractivity contribution in [2.75, 3.05) is 0 Å². The first-order valence-corrected chi connectivity index (χ1v) is 6.71. The van der Waals surface area contributed by atoms with Gasteiger partial charge in [0.1, 0.15) is 0 Å². The van der Waals surface area contributed by atoms with Crippen LogP contribution in [0.5, 0.6) is 0 Å². The molecule has 0 aromatic rings. The van der Waals surface area contributed by atoms with Crippen molar-refractivity contribution in [3.8, 4) is 0 Å². The van der Waals surface area contributed by atoms with Gasteiger partial charge >= 0.3 is 0 Å². The van der Waals surface area contributed by atoms with Crippen molar-refractivity contribution in [3.05, 3.63) is 11.8 Å². The fourth-order valence-corrected chi connectivity index (χ4v) is 2.37. The molecule has 0 heterocycles. The summed E-state index contributed by atoms with van der Waals surface area (Å²) in [5.41, 5.74) is 0. The number of rotatable bonds is 7. The van der Waals surface area contributed by atoms with Crippen molar-refractivity contribution < 1.29 is 11.3 Å². The van der Waals surface area contributed by atoms with Crippen LogP contribution in [0.25, 0.3) is 0 Å². The predicted molar refractivity (Wildman–Crippen MR) is 73.0 cm³/mol. The van der Waals surface area contributed by atoms with Gasteiger partial charge < -0.3 is 5.11 Å². The molecular formula is C15H28O2. The highest BCUT2D eigenvalue weighted by molar-refractivity contribution is 5.92. The molecule has 0 aromatic carbocycles. The van der Waals surface area contributed by atoms with E-state index in [1.807, 2.05) is 41.5 Å². The molecule has 0 rings (SSSR count). The smallest absolute Gasteiger partial charge is 0.162 e.